The summed E-state index contributed by atoms with van der Waals surface area (Å²) in [6.45, 7) is 16.2. The minimum Gasteiger partial charge on any atom is -0.354 e. The molecule has 2 aromatic rings. The van der Waals surface area contributed by atoms with Gasteiger partial charge < -0.3 is 9.80 Å². The van der Waals surface area contributed by atoms with E-state index < -0.39 is 0 Å². The fourth-order valence-electron chi connectivity index (χ4n) is 4.60. The summed E-state index contributed by atoms with van der Waals surface area (Å²) in [6.07, 6.45) is 6.81. The molecular weight excluding hydrogens is 418 g/mol. The zero-order valence-corrected chi connectivity index (χ0v) is 21.1. The number of hydrogen-bond donors (Lipinski definition) is 0. The standard InChI is InChI=1S/C21H28ClN5.C5H12/c1-3-25-10-12-26(13-11-25)21-18-8-9-27(14-20(18)23-15-24-21)16(2)17-6-4-5-7-19(17)22;1-3-5-4-2/h4-7,15-16H,3,8-14H2,1-2H3;3-5H2,1-2H3. The fourth-order valence-corrected chi connectivity index (χ4v) is 4.89. The first-order chi connectivity index (χ1) is 15.6. The van der Waals surface area contributed by atoms with Crippen molar-refractivity contribution in [3.05, 3.63) is 52.4 Å². The van der Waals surface area contributed by atoms with Gasteiger partial charge in [-0.2, -0.15) is 0 Å². The Labute approximate surface area is 199 Å². The highest BCUT2D eigenvalue weighted by molar-refractivity contribution is 6.31. The van der Waals surface area contributed by atoms with Crippen LogP contribution < -0.4 is 4.90 Å². The average molecular weight is 458 g/mol. The molecule has 0 N–H and O–H groups in total. The van der Waals surface area contributed by atoms with Crippen molar-refractivity contribution in [3.8, 4) is 0 Å². The van der Waals surface area contributed by atoms with Crippen LogP contribution in [0.2, 0.25) is 5.02 Å². The van der Waals surface area contributed by atoms with Gasteiger partial charge in [-0.05, 0) is 31.5 Å². The number of unbranched alkanes of at least 4 members (excludes halogenated alkanes) is 2. The van der Waals surface area contributed by atoms with E-state index in [0.29, 0.717) is 0 Å². The van der Waals surface area contributed by atoms with Gasteiger partial charge in [0.05, 0.1) is 5.69 Å². The van der Waals surface area contributed by atoms with Crippen molar-refractivity contribution in [2.75, 3.05) is 44.2 Å². The second-order valence-corrected chi connectivity index (χ2v) is 9.22. The summed E-state index contributed by atoms with van der Waals surface area (Å²) in [5.41, 5.74) is 3.70. The Kier molecular flexibility index (Phi) is 9.76. The molecule has 0 saturated carbocycles. The number of aromatic nitrogens is 2. The topological polar surface area (TPSA) is 35.5 Å². The predicted octanol–water partition coefficient (Wildman–Crippen LogP) is 5.59. The summed E-state index contributed by atoms with van der Waals surface area (Å²) in [5, 5.41) is 0.841. The van der Waals surface area contributed by atoms with E-state index in [1.54, 1.807) is 6.33 Å². The maximum Gasteiger partial charge on any atom is 0.135 e. The van der Waals surface area contributed by atoms with Crippen LogP contribution in [0, 0.1) is 0 Å². The van der Waals surface area contributed by atoms with Crippen LogP contribution in [0.3, 0.4) is 0 Å². The Morgan fingerprint density at radius 2 is 1.69 bits per heavy atom. The van der Waals surface area contributed by atoms with Gasteiger partial charge in [-0.1, -0.05) is 69.8 Å². The molecule has 0 spiro atoms. The number of fused-ring (bicyclic) bond motifs is 1. The summed E-state index contributed by atoms with van der Waals surface area (Å²) in [4.78, 5) is 16.7. The van der Waals surface area contributed by atoms with Gasteiger partial charge in [-0.25, -0.2) is 9.97 Å². The zero-order chi connectivity index (χ0) is 22.9. The van der Waals surface area contributed by atoms with Crippen molar-refractivity contribution in [2.45, 2.75) is 66.0 Å². The molecule has 3 heterocycles. The van der Waals surface area contributed by atoms with Crippen LogP contribution in [-0.2, 0) is 13.0 Å². The van der Waals surface area contributed by atoms with Crippen LogP contribution in [0.4, 0.5) is 5.82 Å². The predicted molar refractivity (Wildman–Crippen MR) is 136 cm³/mol. The average Bonchev–Trinajstić information content (AvgIpc) is 2.84. The molecule has 6 heteroatoms. The maximum absolute atomic E-state index is 6.43. The van der Waals surface area contributed by atoms with Gasteiger partial charge in [0.25, 0.3) is 0 Å². The van der Waals surface area contributed by atoms with Crippen molar-refractivity contribution >= 4 is 17.4 Å². The number of anilines is 1. The third kappa shape index (κ3) is 6.21. The van der Waals surface area contributed by atoms with Crippen molar-refractivity contribution in [2.24, 2.45) is 0 Å². The van der Waals surface area contributed by atoms with E-state index in [9.17, 15) is 0 Å². The summed E-state index contributed by atoms with van der Waals surface area (Å²) in [7, 11) is 0. The van der Waals surface area contributed by atoms with Gasteiger partial charge in [-0.15, -0.1) is 0 Å². The highest BCUT2D eigenvalue weighted by Crippen LogP contribution is 2.33. The number of benzene rings is 1. The Morgan fingerprint density at radius 3 is 2.31 bits per heavy atom. The molecule has 32 heavy (non-hydrogen) atoms. The third-order valence-electron chi connectivity index (χ3n) is 6.74. The first-order valence-electron chi connectivity index (χ1n) is 12.4. The summed E-state index contributed by atoms with van der Waals surface area (Å²) in [6, 6.07) is 8.43. The van der Waals surface area contributed by atoms with E-state index in [1.807, 2.05) is 12.1 Å². The normalized spacial score (nSPS) is 18.0. The van der Waals surface area contributed by atoms with E-state index in [1.165, 1.54) is 36.1 Å². The quantitative estimate of drug-likeness (QED) is 0.565. The molecule has 0 radical (unpaired) electrons. The second-order valence-electron chi connectivity index (χ2n) is 8.82. The molecule has 2 aliphatic heterocycles. The summed E-state index contributed by atoms with van der Waals surface area (Å²) in [5.74, 6) is 1.15. The molecule has 0 bridgehead atoms. The number of piperazine rings is 1. The van der Waals surface area contributed by atoms with E-state index in [4.69, 9.17) is 11.6 Å². The van der Waals surface area contributed by atoms with Crippen molar-refractivity contribution in [1.82, 2.24) is 19.8 Å². The monoisotopic (exact) mass is 457 g/mol. The van der Waals surface area contributed by atoms with Crippen LogP contribution in [0.1, 0.15) is 69.8 Å². The molecule has 0 amide bonds. The first kappa shape index (κ1) is 24.9. The number of halogens is 1. The van der Waals surface area contributed by atoms with Gasteiger partial charge in [0.2, 0.25) is 0 Å². The number of likely N-dealkylation sites (N-methyl/N-ethyl adjacent to an activating group) is 1. The van der Waals surface area contributed by atoms with E-state index >= 15 is 0 Å². The third-order valence-corrected chi connectivity index (χ3v) is 7.09. The van der Waals surface area contributed by atoms with Gasteiger partial charge in [0.15, 0.2) is 0 Å². The Bertz CT molecular complexity index is 833. The Morgan fingerprint density at radius 1 is 0.969 bits per heavy atom. The molecule has 1 atom stereocenters. The molecule has 0 aliphatic carbocycles. The first-order valence-corrected chi connectivity index (χ1v) is 12.7. The van der Waals surface area contributed by atoms with E-state index in [2.05, 4.69) is 64.5 Å². The molecule has 4 rings (SSSR count). The lowest BCUT2D eigenvalue weighted by molar-refractivity contribution is 0.188. The highest BCUT2D eigenvalue weighted by Gasteiger charge is 2.28. The largest absolute Gasteiger partial charge is 0.354 e. The Balaban J connectivity index is 0.000000523. The smallest absolute Gasteiger partial charge is 0.135 e. The lowest BCUT2D eigenvalue weighted by Crippen LogP contribution is -2.47. The molecule has 1 saturated heterocycles. The minimum atomic E-state index is 0.276. The van der Waals surface area contributed by atoms with Crippen LogP contribution in [0.5, 0.6) is 0 Å². The van der Waals surface area contributed by atoms with Crippen LogP contribution in [-0.4, -0.2) is 59.0 Å². The van der Waals surface area contributed by atoms with Crippen LogP contribution in [0.25, 0.3) is 0 Å². The Hall–Kier alpha value is -1.69. The number of hydrogen-bond acceptors (Lipinski definition) is 5. The minimum absolute atomic E-state index is 0.276. The maximum atomic E-state index is 6.43. The van der Waals surface area contributed by atoms with Gasteiger partial charge in [0, 0.05) is 55.9 Å². The molecule has 1 fully saturated rings. The lowest BCUT2D eigenvalue weighted by atomic mass is 10.00. The summed E-state index contributed by atoms with van der Waals surface area (Å²) >= 11 is 6.43. The molecule has 1 unspecified atom stereocenters. The van der Waals surface area contributed by atoms with Gasteiger partial charge in [-0.3, -0.25) is 4.90 Å². The van der Waals surface area contributed by atoms with Crippen molar-refractivity contribution in [1.29, 1.82) is 0 Å². The molecular formula is C26H40ClN5. The van der Waals surface area contributed by atoms with Crippen molar-refractivity contribution < 1.29 is 0 Å². The van der Waals surface area contributed by atoms with Crippen LogP contribution in [0.15, 0.2) is 30.6 Å². The summed E-state index contributed by atoms with van der Waals surface area (Å²) < 4.78 is 0. The van der Waals surface area contributed by atoms with Gasteiger partial charge >= 0.3 is 0 Å². The fraction of sp³-hybridized carbons (Fsp3) is 0.615. The number of rotatable bonds is 6. The number of nitrogens with zero attached hydrogens (tertiary/aromatic N) is 5. The molecule has 1 aromatic heterocycles. The lowest BCUT2D eigenvalue weighted by Gasteiger charge is -2.38. The van der Waals surface area contributed by atoms with E-state index in [0.717, 1.165) is 63.1 Å². The molecule has 5 nitrogen and oxygen atoms in total. The molecule has 2 aliphatic rings. The van der Waals surface area contributed by atoms with Gasteiger partial charge in [0.1, 0.15) is 12.1 Å². The zero-order valence-electron chi connectivity index (χ0n) is 20.4. The van der Waals surface area contributed by atoms with Crippen LogP contribution >= 0.6 is 11.6 Å². The SMILES string of the molecule is CCCCC.CCN1CCN(c2ncnc3c2CCN(C(C)c2ccccc2Cl)C3)CC1. The van der Waals surface area contributed by atoms with Crippen molar-refractivity contribution in [3.63, 3.8) is 0 Å². The second kappa shape index (κ2) is 12.5. The molecule has 1 aromatic carbocycles. The highest BCUT2D eigenvalue weighted by atomic mass is 35.5. The van der Waals surface area contributed by atoms with E-state index in [-0.39, 0.29) is 6.04 Å². The molecule has 176 valence electrons.